The third-order valence-corrected chi connectivity index (χ3v) is 6.19. The maximum absolute atomic E-state index is 13.3. The molecule has 0 saturated heterocycles. The Kier molecular flexibility index (Phi) is 4.69. The molecule has 1 amide bonds. The topological polar surface area (TPSA) is 66.1 Å². The number of para-hydroxylation sites is 1. The quantitative estimate of drug-likeness (QED) is 0.664. The SMILES string of the molecule is O=C(C1CCc2nc(-c3ccc(F)cc3)[nH]c(=O)c2CC1)N1CCc2ccccc21. The number of nitrogens with zero attached hydrogens (tertiary/aromatic N) is 2. The molecule has 1 aliphatic heterocycles. The summed E-state index contributed by atoms with van der Waals surface area (Å²) in [6.45, 7) is 0.717. The van der Waals surface area contributed by atoms with Crippen LogP contribution in [0.2, 0.25) is 0 Å². The number of anilines is 1. The number of aromatic nitrogens is 2. The van der Waals surface area contributed by atoms with Crippen molar-refractivity contribution in [1.29, 1.82) is 0 Å². The van der Waals surface area contributed by atoms with Crippen molar-refractivity contribution in [2.45, 2.75) is 32.1 Å². The van der Waals surface area contributed by atoms with Crippen LogP contribution in [0.3, 0.4) is 0 Å². The second-order valence-electron chi connectivity index (χ2n) is 7.99. The van der Waals surface area contributed by atoms with E-state index in [-0.39, 0.29) is 23.2 Å². The number of fused-ring (bicyclic) bond motifs is 2. The van der Waals surface area contributed by atoms with Crippen molar-refractivity contribution in [1.82, 2.24) is 9.97 Å². The van der Waals surface area contributed by atoms with Crippen LogP contribution >= 0.6 is 0 Å². The van der Waals surface area contributed by atoms with E-state index in [9.17, 15) is 14.0 Å². The van der Waals surface area contributed by atoms with E-state index in [0.717, 1.165) is 24.3 Å². The minimum Gasteiger partial charge on any atom is -0.312 e. The summed E-state index contributed by atoms with van der Waals surface area (Å²) >= 11 is 0. The second-order valence-corrected chi connectivity index (χ2v) is 7.99. The number of hydrogen-bond donors (Lipinski definition) is 1. The Bertz CT molecular complexity index is 1170. The van der Waals surface area contributed by atoms with Gasteiger partial charge in [0, 0.05) is 29.3 Å². The summed E-state index contributed by atoms with van der Waals surface area (Å²) in [6.07, 6.45) is 3.32. The number of rotatable bonds is 2. The Balaban J connectivity index is 1.39. The van der Waals surface area contributed by atoms with Crippen molar-refractivity contribution in [3.8, 4) is 11.4 Å². The zero-order valence-corrected chi connectivity index (χ0v) is 16.5. The third-order valence-electron chi connectivity index (χ3n) is 6.19. The summed E-state index contributed by atoms with van der Waals surface area (Å²) in [5, 5.41) is 0. The Labute approximate surface area is 173 Å². The highest BCUT2D eigenvalue weighted by Crippen LogP contribution is 2.32. The smallest absolute Gasteiger partial charge is 0.254 e. The Morgan fingerprint density at radius 1 is 1.03 bits per heavy atom. The molecule has 0 spiro atoms. The standard InChI is InChI=1S/C24H22FN3O2/c25-18-9-5-16(6-10-18)22-26-20-12-8-17(7-11-19(20)23(29)27-22)24(30)28-14-13-15-3-1-2-4-21(15)28/h1-6,9-10,17H,7-8,11-14H2,(H,26,27,29). The van der Waals surface area contributed by atoms with E-state index in [0.29, 0.717) is 42.6 Å². The molecule has 5 nitrogen and oxygen atoms in total. The van der Waals surface area contributed by atoms with E-state index < -0.39 is 0 Å². The molecule has 0 saturated carbocycles. The van der Waals surface area contributed by atoms with Crippen LogP contribution in [0.15, 0.2) is 53.3 Å². The summed E-state index contributed by atoms with van der Waals surface area (Å²) in [5.41, 5.74) is 4.14. The van der Waals surface area contributed by atoms with Gasteiger partial charge in [-0.15, -0.1) is 0 Å². The van der Waals surface area contributed by atoms with Crippen molar-refractivity contribution in [3.05, 3.63) is 81.5 Å². The molecule has 1 N–H and O–H groups in total. The highest BCUT2D eigenvalue weighted by Gasteiger charge is 2.32. The number of benzene rings is 2. The summed E-state index contributed by atoms with van der Waals surface area (Å²) in [7, 11) is 0. The molecule has 0 fully saturated rings. The zero-order chi connectivity index (χ0) is 20.7. The molecule has 5 rings (SSSR count). The molecule has 30 heavy (non-hydrogen) atoms. The van der Waals surface area contributed by atoms with Gasteiger partial charge in [0.15, 0.2) is 0 Å². The van der Waals surface area contributed by atoms with Crippen LogP contribution in [0.5, 0.6) is 0 Å². The normalized spacial score (nSPS) is 17.9. The van der Waals surface area contributed by atoms with Crippen LogP contribution < -0.4 is 10.5 Å². The monoisotopic (exact) mass is 403 g/mol. The van der Waals surface area contributed by atoms with Gasteiger partial charge in [0.25, 0.3) is 5.56 Å². The van der Waals surface area contributed by atoms with E-state index in [2.05, 4.69) is 16.0 Å². The molecule has 0 radical (unpaired) electrons. The molecule has 1 aliphatic carbocycles. The van der Waals surface area contributed by atoms with E-state index in [1.54, 1.807) is 12.1 Å². The fourth-order valence-electron chi connectivity index (χ4n) is 4.56. The molecule has 1 atom stereocenters. The fraction of sp³-hybridized carbons (Fsp3) is 0.292. The molecule has 0 bridgehead atoms. The number of aromatic amines is 1. The number of H-pyrrole nitrogens is 1. The van der Waals surface area contributed by atoms with Crippen molar-refractivity contribution in [2.24, 2.45) is 5.92 Å². The Morgan fingerprint density at radius 2 is 1.80 bits per heavy atom. The molecular formula is C24H22FN3O2. The van der Waals surface area contributed by atoms with Crippen LogP contribution in [0.25, 0.3) is 11.4 Å². The van der Waals surface area contributed by atoms with Crippen LogP contribution in [0, 0.1) is 11.7 Å². The van der Waals surface area contributed by atoms with E-state index in [1.165, 1.54) is 17.7 Å². The number of nitrogens with one attached hydrogen (secondary N) is 1. The van der Waals surface area contributed by atoms with Gasteiger partial charge in [-0.25, -0.2) is 9.37 Å². The van der Waals surface area contributed by atoms with Crippen LogP contribution in [0.4, 0.5) is 10.1 Å². The fourth-order valence-corrected chi connectivity index (χ4v) is 4.56. The molecule has 1 unspecified atom stereocenters. The first-order valence-corrected chi connectivity index (χ1v) is 10.4. The van der Waals surface area contributed by atoms with Gasteiger partial charge < -0.3 is 9.88 Å². The summed E-state index contributed by atoms with van der Waals surface area (Å²) in [6, 6.07) is 14.0. The molecule has 1 aromatic heterocycles. The zero-order valence-electron chi connectivity index (χ0n) is 16.5. The summed E-state index contributed by atoms with van der Waals surface area (Å²) in [4.78, 5) is 35.4. The molecular weight excluding hydrogens is 381 g/mol. The minimum absolute atomic E-state index is 0.126. The Hall–Kier alpha value is -3.28. The number of hydrogen-bond acceptors (Lipinski definition) is 3. The van der Waals surface area contributed by atoms with Gasteiger partial charge in [-0.2, -0.15) is 0 Å². The van der Waals surface area contributed by atoms with Crippen molar-refractivity contribution >= 4 is 11.6 Å². The Morgan fingerprint density at radius 3 is 2.63 bits per heavy atom. The van der Waals surface area contributed by atoms with Gasteiger partial charge >= 0.3 is 0 Å². The first kappa shape index (κ1) is 18.7. The van der Waals surface area contributed by atoms with Crippen LogP contribution in [-0.2, 0) is 24.1 Å². The number of halogens is 1. The van der Waals surface area contributed by atoms with Gasteiger partial charge in [0.2, 0.25) is 5.91 Å². The predicted octanol–water partition coefficient (Wildman–Crippen LogP) is 3.66. The summed E-state index contributed by atoms with van der Waals surface area (Å²) in [5.74, 6) is 0.125. The van der Waals surface area contributed by atoms with E-state index in [1.807, 2.05) is 23.1 Å². The average Bonchev–Trinajstić information content (AvgIpc) is 3.06. The van der Waals surface area contributed by atoms with Gasteiger partial charge in [-0.3, -0.25) is 9.59 Å². The maximum Gasteiger partial charge on any atom is 0.254 e. The predicted molar refractivity (Wildman–Crippen MR) is 113 cm³/mol. The highest BCUT2D eigenvalue weighted by molar-refractivity contribution is 5.97. The molecule has 2 aromatic carbocycles. The van der Waals surface area contributed by atoms with Crippen LogP contribution in [-0.4, -0.2) is 22.4 Å². The number of carbonyl (C=O) groups is 1. The van der Waals surface area contributed by atoms with Crippen LogP contribution in [0.1, 0.15) is 29.7 Å². The van der Waals surface area contributed by atoms with Crippen molar-refractivity contribution < 1.29 is 9.18 Å². The van der Waals surface area contributed by atoms with Gasteiger partial charge in [0.05, 0.1) is 5.69 Å². The lowest BCUT2D eigenvalue weighted by atomic mass is 9.98. The largest absolute Gasteiger partial charge is 0.312 e. The number of carbonyl (C=O) groups excluding carboxylic acids is 1. The number of amides is 1. The summed E-state index contributed by atoms with van der Waals surface area (Å²) < 4.78 is 13.2. The van der Waals surface area contributed by atoms with Crippen molar-refractivity contribution in [2.75, 3.05) is 11.4 Å². The average molecular weight is 403 g/mol. The lowest BCUT2D eigenvalue weighted by molar-refractivity contribution is -0.122. The highest BCUT2D eigenvalue weighted by atomic mass is 19.1. The lowest BCUT2D eigenvalue weighted by Gasteiger charge is -2.23. The van der Waals surface area contributed by atoms with Gasteiger partial charge in [0.1, 0.15) is 11.6 Å². The lowest BCUT2D eigenvalue weighted by Crippen LogP contribution is -2.35. The molecule has 2 heterocycles. The number of aryl methyl sites for hydroxylation is 1. The second kappa shape index (κ2) is 7.52. The molecule has 2 aliphatic rings. The first-order valence-electron chi connectivity index (χ1n) is 10.4. The molecule has 6 heteroatoms. The third kappa shape index (κ3) is 3.32. The van der Waals surface area contributed by atoms with Gasteiger partial charge in [-0.05, 0) is 68.0 Å². The molecule has 3 aromatic rings. The van der Waals surface area contributed by atoms with E-state index >= 15 is 0 Å². The maximum atomic E-state index is 13.3. The van der Waals surface area contributed by atoms with E-state index in [4.69, 9.17) is 0 Å². The molecule has 152 valence electrons. The van der Waals surface area contributed by atoms with Crippen molar-refractivity contribution in [3.63, 3.8) is 0 Å². The minimum atomic E-state index is -0.333. The van der Waals surface area contributed by atoms with Gasteiger partial charge in [-0.1, -0.05) is 18.2 Å². The first-order chi connectivity index (χ1) is 14.6.